The van der Waals surface area contributed by atoms with Crippen molar-refractivity contribution in [2.45, 2.75) is 44.2 Å². The van der Waals surface area contributed by atoms with Gasteiger partial charge in [0.25, 0.3) is 0 Å². The summed E-state index contributed by atoms with van der Waals surface area (Å²) in [5.74, 6) is 1.20. The van der Waals surface area contributed by atoms with Gasteiger partial charge in [-0.05, 0) is 38.0 Å². The van der Waals surface area contributed by atoms with Crippen LogP contribution in [0.25, 0.3) is 0 Å². The van der Waals surface area contributed by atoms with Crippen LogP contribution in [0.2, 0.25) is 0 Å². The normalized spacial score (nSPS) is 38.1. The molecule has 1 N–H and O–H groups in total. The molecule has 1 saturated carbocycles. The zero-order valence-electron chi connectivity index (χ0n) is 8.95. The fourth-order valence-electron chi connectivity index (χ4n) is 2.85. The summed E-state index contributed by atoms with van der Waals surface area (Å²) >= 11 is 0. The highest BCUT2D eigenvalue weighted by molar-refractivity contribution is 5.85. The highest BCUT2D eigenvalue weighted by Crippen LogP contribution is 2.41. The SMILES string of the molecule is Cl.O=C([C@@H]1C[C@@H]2C[C@@H]2N1)N1CCCCC1. The molecule has 4 heteroatoms. The summed E-state index contributed by atoms with van der Waals surface area (Å²) in [6.45, 7) is 1.98. The van der Waals surface area contributed by atoms with Crippen molar-refractivity contribution in [1.82, 2.24) is 10.2 Å². The van der Waals surface area contributed by atoms with Gasteiger partial charge in [-0.1, -0.05) is 0 Å². The van der Waals surface area contributed by atoms with E-state index in [1.807, 2.05) is 0 Å². The number of rotatable bonds is 1. The zero-order valence-corrected chi connectivity index (χ0v) is 9.76. The van der Waals surface area contributed by atoms with E-state index in [-0.39, 0.29) is 18.4 Å². The number of nitrogens with one attached hydrogen (secondary N) is 1. The maximum absolute atomic E-state index is 12.0. The summed E-state index contributed by atoms with van der Waals surface area (Å²) in [5.41, 5.74) is 0. The minimum Gasteiger partial charge on any atom is -0.341 e. The average Bonchev–Trinajstić information content (AvgIpc) is 2.86. The lowest BCUT2D eigenvalue weighted by Gasteiger charge is -2.29. The van der Waals surface area contributed by atoms with Crippen molar-refractivity contribution in [1.29, 1.82) is 0 Å². The van der Waals surface area contributed by atoms with Crippen LogP contribution in [0.15, 0.2) is 0 Å². The molecule has 86 valence electrons. The Morgan fingerprint density at radius 1 is 1.13 bits per heavy atom. The number of carbonyl (C=O) groups is 1. The number of piperidine rings is 2. The van der Waals surface area contributed by atoms with Crippen LogP contribution in [-0.4, -0.2) is 36.0 Å². The van der Waals surface area contributed by atoms with E-state index >= 15 is 0 Å². The fraction of sp³-hybridized carbons (Fsp3) is 0.909. The van der Waals surface area contributed by atoms with Gasteiger partial charge in [0.15, 0.2) is 0 Å². The first kappa shape index (κ1) is 11.2. The van der Waals surface area contributed by atoms with Gasteiger partial charge in [0.05, 0.1) is 6.04 Å². The second-order valence-corrected chi connectivity index (χ2v) is 4.94. The first-order chi connectivity index (χ1) is 6.84. The van der Waals surface area contributed by atoms with Crippen LogP contribution in [0.5, 0.6) is 0 Å². The van der Waals surface area contributed by atoms with Gasteiger partial charge in [-0.2, -0.15) is 0 Å². The molecule has 0 bridgehead atoms. The van der Waals surface area contributed by atoms with Crippen molar-refractivity contribution in [3.63, 3.8) is 0 Å². The minimum atomic E-state index is 0. The molecule has 0 aromatic rings. The molecule has 1 aliphatic carbocycles. The van der Waals surface area contributed by atoms with Gasteiger partial charge in [0.1, 0.15) is 0 Å². The second-order valence-electron chi connectivity index (χ2n) is 4.94. The van der Waals surface area contributed by atoms with Crippen LogP contribution in [0.1, 0.15) is 32.1 Å². The molecule has 3 rings (SSSR count). The monoisotopic (exact) mass is 230 g/mol. The molecule has 0 spiro atoms. The third kappa shape index (κ3) is 2.13. The number of halogens is 1. The van der Waals surface area contributed by atoms with Gasteiger partial charge >= 0.3 is 0 Å². The van der Waals surface area contributed by atoms with Crippen molar-refractivity contribution in [3.8, 4) is 0 Å². The molecule has 0 unspecified atom stereocenters. The standard InChI is InChI=1S/C11H18N2O.ClH/c14-11(13-4-2-1-3-5-13)10-7-8-6-9(8)12-10;/h8-10,12H,1-7H2;1H/t8-,9-,10-;/m0./s1. The quantitative estimate of drug-likeness (QED) is 0.734. The van der Waals surface area contributed by atoms with Crippen molar-refractivity contribution in [2.24, 2.45) is 5.92 Å². The molecule has 3 fully saturated rings. The lowest BCUT2D eigenvalue weighted by atomic mass is 10.1. The average molecular weight is 231 g/mol. The van der Waals surface area contributed by atoms with Crippen LogP contribution in [0, 0.1) is 5.92 Å². The Bertz CT molecular complexity index is 239. The molecular formula is C11H19ClN2O. The molecule has 3 nitrogen and oxygen atoms in total. The van der Waals surface area contributed by atoms with E-state index in [1.165, 1.54) is 25.7 Å². The summed E-state index contributed by atoms with van der Waals surface area (Å²) in [7, 11) is 0. The second kappa shape index (κ2) is 4.30. The molecule has 2 aliphatic heterocycles. The Kier molecular flexibility index (Phi) is 3.21. The van der Waals surface area contributed by atoms with E-state index < -0.39 is 0 Å². The number of likely N-dealkylation sites (tertiary alicyclic amines) is 1. The summed E-state index contributed by atoms with van der Waals surface area (Å²) in [5, 5.41) is 3.43. The zero-order chi connectivity index (χ0) is 9.54. The smallest absolute Gasteiger partial charge is 0.239 e. The first-order valence-electron chi connectivity index (χ1n) is 5.89. The highest BCUT2D eigenvalue weighted by Gasteiger charge is 2.48. The molecule has 2 heterocycles. The van der Waals surface area contributed by atoms with Crippen molar-refractivity contribution < 1.29 is 4.79 Å². The van der Waals surface area contributed by atoms with Crippen LogP contribution in [0.3, 0.4) is 0 Å². The Hall–Kier alpha value is -0.280. The molecule has 0 aromatic heterocycles. The van der Waals surface area contributed by atoms with Crippen LogP contribution < -0.4 is 5.32 Å². The number of fused-ring (bicyclic) bond motifs is 1. The Labute approximate surface area is 97.0 Å². The van der Waals surface area contributed by atoms with Gasteiger partial charge in [0, 0.05) is 19.1 Å². The predicted octanol–water partition coefficient (Wildman–Crippen LogP) is 1.17. The van der Waals surface area contributed by atoms with Crippen molar-refractivity contribution in [2.75, 3.05) is 13.1 Å². The van der Waals surface area contributed by atoms with E-state index in [1.54, 1.807) is 0 Å². The van der Waals surface area contributed by atoms with Gasteiger partial charge < -0.3 is 10.2 Å². The summed E-state index contributed by atoms with van der Waals surface area (Å²) in [4.78, 5) is 14.1. The Morgan fingerprint density at radius 3 is 2.47 bits per heavy atom. The fourth-order valence-corrected chi connectivity index (χ4v) is 2.85. The Morgan fingerprint density at radius 2 is 1.87 bits per heavy atom. The molecular weight excluding hydrogens is 212 g/mol. The first-order valence-corrected chi connectivity index (χ1v) is 5.89. The van der Waals surface area contributed by atoms with Gasteiger partial charge in [-0.15, -0.1) is 12.4 Å². The van der Waals surface area contributed by atoms with E-state index in [0.29, 0.717) is 11.9 Å². The minimum absolute atomic E-state index is 0. The lowest BCUT2D eigenvalue weighted by molar-refractivity contribution is -0.134. The summed E-state index contributed by atoms with van der Waals surface area (Å²) in [6, 6.07) is 0.852. The van der Waals surface area contributed by atoms with Crippen molar-refractivity contribution in [3.05, 3.63) is 0 Å². The number of carbonyl (C=O) groups excluding carboxylic acids is 1. The molecule has 3 atom stereocenters. The van der Waals surface area contributed by atoms with Gasteiger partial charge in [0.2, 0.25) is 5.91 Å². The van der Waals surface area contributed by atoms with E-state index in [2.05, 4.69) is 10.2 Å². The van der Waals surface area contributed by atoms with Gasteiger partial charge in [-0.3, -0.25) is 4.79 Å². The third-order valence-corrected chi connectivity index (χ3v) is 3.84. The van der Waals surface area contributed by atoms with Gasteiger partial charge in [-0.25, -0.2) is 0 Å². The molecule has 3 aliphatic rings. The van der Waals surface area contributed by atoms with Crippen LogP contribution in [-0.2, 0) is 4.79 Å². The van der Waals surface area contributed by atoms with Crippen LogP contribution in [0.4, 0.5) is 0 Å². The summed E-state index contributed by atoms with van der Waals surface area (Å²) in [6.07, 6.45) is 6.10. The number of amides is 1. The maximum Gasteiger partial charge on any atom is 0.239 e. The van der Waals surface area contributed by atoms with E-state index in [4.69, 9.17) is 0 Å². The number of hydrogen-bond acceptors (Lipinski definition) is 2. The van der Waals surface area contributed by atoms with E-state index in [0.717, 1.165) is 25.4 Å². The Balaban J connectivity index is 0.000000853. The maximum atomic E-state index is 12.0. The van der Waals surface area contributed by atoms with Crippen molar-refractivity contribution >= 4 is 18.3 Å². The topological polar surface area (TPSA) is 32.3 Å². The largest absolute Gasteiger partial charge is 0.341 e. The number of hydrogen-bond donors (Lipinski definition) is 1. The molecule has 0 radical (unpaired) electrons. The number of nitrogens with zero attached hydrogens (tertiary/aromatic N) is 1. The molecule has 15 heavy (non-hydrogen) atoms. The predicted molar refractivity (Wildman–Crippen MR) is 61.1 cm³/mol. The molecule has 2 saturated heterocycles. The molecule has 1 amide bonds. The van der Waals surface area contributed by atoms with Crippen LogP contribution >= 0.6 is 12.4 Å². The molecule has 0 aromatic carbocycles. The highest BCUT2D eigenvalue weighted by atomic mass is 35.5. The third-order valence-electron chi connectivity index (χ3n) is 3.84. The van der Waals surface area contributed by atoms with E-state index in [9.17, 15) is 4.79 Å². The lowest BCUT2D eigenvalue weighted by Crippen LogP contribution is -2.46. The summed E-state index contributed by atoms with van der Waals surface area (Å²) < 4.78 is 0.